The van der Waals surface area contributed by atoms with Crippen molar-refractivity contribution in [3.63, 3.8) is 0 Å². The van der Waals surface area contributed by atoms with E-state index in [9.17, 15) is 8.42 Å². The molecule has 0 radical (unpaired) electrons. The van der Waals surface area contributed by atoms with Crippen LogP contribution in [0.3, 0.4) is 0 Å². The molecule has 0 saturated carbocycles. The molecule has 5 nitrogen and oxygen atoms in total. The molecule has 0 amide bonds. The zero-order valence-corrected chi connectivity index (χ0v) is 11.9. The summed E-state index contributed by atoms with van der Waals surface area (Å²) >= 11 is 7.17. The van der Waals surface area contributed by atoms with Crippen molar-refractivity contribution in [3.8, 4) is 0 Å². The van der Waals surface area contributed by atoms with Gasteiger partial charge in [-0.3, -0.25) is 0 Å². The lowest BCUT2D eigenvalue weighted by Crippen LogP contribution is -2.29. The molecule has 17 heavy (non-hydrogen) atoms. The summed E-state index contributed by atoms with van der Waals surface area (Å²) in [5, 5.41) is 0.0275. The number of sulfonamides is 1. The molecule has 1 unspecified atom stereocenters. The van der Waals surface area contributed by atoms with Crippen LogP contribution in [-0.4, -0.2) is 36.9 Å². The Bertz CT molecular complexity index is 450. The molecule has 0 saturated heterocycles. The van der Waals surface area contributed by atoms with Crippen molar-refractivity contribution in [2.24, 2.45) is 5.92 Å². The zero-order chi connectivity index (χ0) is 12.9. The average Bonchev–Trinajstić information content (AvgIpc) is 2.28. The van der Waals surface area contributed by atoms with Crippen LogP contribution in [0.5, 0.6) is 0 Å². The van der Waals surface area contributed by atoms with E-state index in [0.717, 1.165) is 5.75 Å². The van der Waals surface area contributed by atoms with Gasteiger partial charge in [-0.05, 0) is 29.5 Å². The van der Waals surface area contributed by atoms with Crippen LogP contribution in [-0.2, 0) is 10.0 Å². The smallest absolute Gasteiger partial charge is 0.225 e. The minimum absolute atomic E-state index is 0.0262. The molecule has 1 aromatic heterocycles. The Hall–Kier alpha value is -0.370. The predicted molar refractivity (Wildman–Crippen MR) is 69.8 cm³/mol. The van der Waals surface area contributed by atoms with Crippen LogP contribution in [0.25, 0.3) is 0 Å². The Kier molecular flexibility index (Phi) is 5.64. The molecule has 0 spiro atoms. The lowest BCUT2D eigenvalue weighted by molar-refractivity contribution is 0.562. The summed E-state index contributed by atoms with van der Waals surface area (Å²) in [6.07, 6.45) is 4.37. The van der Waals surface area contributed by atoms with Crippen LogP contribution in [0.1, 0.15) is 6.92 Å². The van der Waals surface area contributed by atoms with Crippen molar-refractivity contribution < 1.29 is 8.42 Å². The third-order valence-corrected chi connectivity index (χ3v) is 4.46. The predicted octanol–water partition coefficient (Wildman–Crippen LogP) is 1.41. The van der Waals surface area contributed by atoms with E-state index >= 15 is 0 Å². The van der Waals surface area contributed by atoms with Crippen LogP contribution >= 0.6 is 23.4 Å². The second-order valence-corrected chi connectivity index (χ2v) is 6.62. The average molecular weight is 296 g/mol. The van der Waals surface area contributed by atoms with Gasteiger partial charge >= 0.3 is 0 Å². The largest absolute Gasteiger partial charge is 0.243 e. The van der Waals surface area contributed by atoms with E-state index in [1.165, 1.54) is 12.4 Å². The van der Waals surface area contributed by atoms with E-state index in [-0.39, 0.29) is 16.1 Å². The molecule has 0 bridgehead atoms. The number of hydrogen-bond acceptors (Lipinski definition) is 5. The number of nitrogens with one attached hydrogen (secondary N) is 1. The highest BCUT2D eigenvalue weighted by molar-refractivity contribution is 7.98. The maximum Gasteiger partial charge on any atom is 0.243 e. The Balaban J connectivity index is 2.66. The van der Waals surface area contributed by atoms with Gasteiger partial charge in [0.15, 0.2) is 0 Å². The number of hydrogen-bond donors (Lipinski definition) is 1. The first-order valence-electron chi connectivity index (χ1n) is 4.92. The van der Waals surface area contributed by atoms with Crippen LogP contribution in [0.4, 0.5) is 0 Å². The summed E-state index contributed by atoms with van der Waals surface area (Å²) in [6, 6.07) is 0. The van der Waals surface area contributed by atoms with E-state index < -0.39 is 10.0 Å². The first-order valence-corrected chi connectivity index (χ1v) is 8.17. The van der Waals surface area contributed by atoms with E-state index in [0.29, 0.717) is 6.54 Å². The molecule has 1 atom stereocenters. The van der Waals surface area contributed by atoms with Crippen LogP contribution in [0.2, 0.25) is 5.28 Å². The second kappa shape index (κ2) is 6.53. The van der Waals surface area contributed by atoms with Crippen molar-refractivity contribution >= 4 is 33.4 Å². The monoisotopic (exact) mass is 295 g/mol. The highest BCUT2D eigenvalue weighted by atomic mass is 35.5. The van der Waals surface area contributed by atoms with Gasteiger partial charge in [-0.25, -0.2) is 23.1 Å². The summed E-state index contributed by atoms with van der Waals surface area (Å²) < 4.78 is 26.1. The number of thioether (sulfide) groups is 1. The van der Waals surface area contributed by atoms with Gasteiger partial charge < -0.3 is 0 Å². The first kappa shape index (κ1) is 14.7. The fraction of sp³-hybridized carbons (Fsp3) is 0.556. The molecule has 0 aliphatic rings. The number of nitrogens with zero attached hydrogens (tertiary/aromatic N) is 2. The third-order valence-electron chi connectivity index (χ3n) is 1.98. The van der Waals surface area contributed by atoms with Crippen molar-refractivity contribution in [3.05, 3.63) is 17.7 Å². The van der Waals surface area contributed by atoms with E-state index in [1.54, 1.807) is 11.8 Å². The molecule has 8 heteroatoms. The highest BCUT2D eigenvalue weighted by Gasteiger charge is 2.15. The highest BCUT2D eigenvalue weighted by Crippen LogP contribution is 2.09. The van der Waals surface area contributed by atoms with Crippen LogP contribution < -0.4 is 4.72 Å². The second-order valence-electron chi connectivity index (χ2n) is 3.60. The topological polar surface area (TPSA) is 72.0 Å². The van der Waals surface area contributed by atoms with Crippen molar-refractivity contribution in [2.45, 2.75) is 11.8 Å². The maximum atomic E-state index is 11.8. The summed E-state index contributed by atoms with van der Waals surface area (Å²) in [4.78, 5) is 7.31. The molecule has 0 aliphatic carbocycles. The van der Waals surface area contributed by atoms with Gasteiger partial charge in [0.25, 0.3) is 0 Å². The Morgan fingerprint density at radius 2 is 2.06 bits per heavy atom. The molecule has 1 heterocycles. The minimum atomic E-state index is -3.53. The zero-order valence-electron chi connectivity index (χ0n) is 9.55. The number of halogens is 1. The molecule has 1 aromatic rings. The molecule has 0 aromatic carbocycles. The Morgan fingerprint density at radius 3 is 2.59 bits per heavy atom. The van der Waals surface area contributed by atoms with Gasteiger partial charge in [-0.15, -0.1) is 0 Å². The fourth-order valence-corrected chi connectivity index (χ4v) is 2.96. The fourth-order valence-electron chi connectivity index (χ4n) is 1.12. The number of aromatic nitrogens is 2. The van der Waals surface area contributed by atoms with Gasteiger partial charge in [0, 0.05) is 6.54 Å². The maximum absolute atomic E-state index is 11.8. The van der Waals surface area contributed by atoms with Crippen LogP contribution in [0.15, 0.2) is 17.3 Å². The summed E-state index contributed by atoms with van der Waals surface area (Å²) in [5.41, 5.74) is 0. The SMILES string of the molecule is CSCC(C)CNS(=O)(=O)c1cnc(Cl)nc1. The van der Waals surface area contributed by atoms with E-state index in [4.69, 9.17) is 11.6 Å². The molecule has 0 fully saturated rings. The number of rotatable bonds is 6. The normalized spacial score (nSPS) is 13.6. The van der Waals surface area contributed by atoms with Crippen molar-refractivity contribution in [1.29, 1.82) is 0 Å². The van der Waals surface area contributed by atoms with E-state index in [1.807, 2.05) is 13.2 Å². The molecule has 1 rings (SSSR count). The minimum Gasteiger partial charge on any atom is -0.225 e. The lowest BCUT2D eigenvalue weighted by Gasteiger charge is -2.11. The Labute approximate surface area is 110 Å². The molecule has 96 valence electrons. The summed E-state index contributed by atoms with van der Waals surface area (Å²) in [7, 11) is -3.53. The lowest BCUT2D eigenvalue weighted by atomic mass is 10.2. The Morgan fingerprint density at radius 1 is 1.47 bits per heavy atom. The molecular formula is C9H14ClN3O2S2. The van der Waals surface area contributed by atoms with Gasteiger partial charge in [0.2, 0.25) is 15.3 Å². The van der Waals surface area contributed by atoms with Gasteiger partial charge in [-0.2, -0.15) is 11.8 Å². The van der Waals surface area contributed by atoms with Gasteiger partial charge in [0.1, 0.15) is 4.90 Å². The summed E-state index contributed by atoms with van der Waals surface area (Å²) in [5.74, 6) is 1.17. The molecule has 0 aliphatic heterocycles. The van der Waals surface area contributed by atoms with Gasteiger partial charge in [-0.1, -0.05) is 6.92 Å². The molecular weight excluding hydrogens is 282 g/mol. The first-order chi connectivity index (χ1) is 7.95. The summed E-state index contributed by atoms with van der Waals surface area (Å²) in [6.45, 7) is 2.38. The third kappa shape index (κ3) is 4.79. The quantitative estimate of drug-likeness (QED) is 0.803. The van der Waals surface area contributed by atoms with Crippen LogP contribution in [0, 0.1) is 5.92 Å². The van der Waals surface area contributed by atoms with E-state index in [2.05, 4.69) is 14.7 Å². The molecule has 1 N–H and O–H groups in total. The standard InChI is InChI=1S/C9H14ClN3O2S2/c1-7(6-16-2)3-13-17(14,15)8-4-11-9(10)12-5-8/h4-5,7,13H,3,6H2,1-2H3. The van der Waals surface area contributed by atoms with Gasteiger partial charge in [0.05, 0.1) is 12.4 Å². The van der Waals surface area contributed by atoms with Crippen molar-refractivity contribution in [2.75, 3.05) is 18.6 Å². The van der Waals surface area contributed by atoms with Crippen molar-refractivity contribution in [1.82, 2.24) is 14.7 Å².